The lowest BCUT2D eigenvalue weighted by Crippen LogP contribution is -2.03. The molecule has 0 saturated carbocycles. The monoisotopic (exact) mass is 250 g/mol. The second-order valence-corrected chi connectivity index (χ2v) is 4.15. The molecule has 0 amide bonds. The van der Waals surface area contributed by atoms with Gasteiger partial charge in [0.15, 0.2) is 0 Å². The molecule has 2 rings (SSSR count). The fourth-order valence-electron chi connectivity index (χ4n) is 1.15. The first-order valence-electron chi connectivity index (χ1n) is 4.88. The molecule has 1 aromatic carbocycles. The number of hydrogen-bond acceptors (Lipinski definition) is 6. The fourth-order valence-corrected chi connectivity index (χ4v) is 1.91. The van der Waals surface area contributed by atoms with Gasteiger partial charge in [-0.2, -0.15) is 4.98 Å². The molecule has 0 bridgehead atoms. The molecule has 0 aliphatic rings. The third-order valence-electron chi connectivity index (χ3n) is 1.94. The predicted molar refractivity (Wildman–Crippen MR) is 61.6 cm³/mol. The molecule has 0 unspecified atom stereocenters. The largest absolute Gasteiger partial charge is 0.463 e. The summed E-state index contributed by atoms with van der Waals surface area (Å²) in [4.78, 5) is 16.1. The molecule has 0 N–H and O–H groups in total. The average molecular weight is 250 g/mol. The quantitative estimate of drug-likeness (QED) is 0.612. The van der Waals surface area contributed by atoms with Crippen LogP contribution in [-0.4, -0.2) is 23.2 Å². The molecule has 0 fully saturated rings. The predicted octanol–water partition coefficient (Wildman–Crippen LogP) is 2.15. The topological polar surface area (TPSA) is 65.2 Å². The maximum absolute atomic E-state index is 11.1. The summed E-state index contributed by atoms with van der Waals surface area (Å²) in [7, 11) is 1.27. The van der Waals surface area contributed by atoms with Gasteiger partial charge in [-0.1, -0.05) is 18.2 Å². The highest BCUT2D eigenvalue weighted by Crippen LogP contribution is 2.21. The van der Waals surface area contributed by atoms with Crippen LogP contribution in [0.2, 0.25) is 0 Å². The number of carbonyl (C=O) groups excluding carboxylic acids is 1. The Hall–Kier alpha value is -1.82. The molecule has 1 aromatic heterocycles. The SMILES string of the molecule is COC(=O)c1noc(CSc2ccccc2)n1. The highest BCUT2D eigenvalue weighted by Gasteiger charge is 2.14. The highest BCUT2D eigenvalue weighted by atomic mass is 32.2. The van der Waals surface area contributed by atoms with Crippen LogP contribution in [0.5, 0.6) is 0 Å². The van der Waals surface area contributed by atoms with Crippen LogP contribution >= 0.6 is 11.8 Å². The first-order chi connectivity index (χ1) is 8.29. The van der Waals surface area contributed by atoms with Crippen LogP contribution in [0.4, 0.5) is 0 Å². The summed E-state index contributed by atoms with van der Waals surface area (Å²) in [6, 6.07) is 9.84. The van der Waals surface area contributed by atoms with Gasteiger partial charge in [0.05, 0.1) is 12.9 Å². The van der Waals surface area contributed by atoms with Crippen LogP contribution in [-0.2, 0) is 10.5 Å². The minimum absolute atomic E-state index is 0.0452. The van der Waals surface area contributed by atoms with E-state index in [1.165, 1.54) is 7.11 Å². The van der Waals surface area contributed by atoms with Gasteiger partial charge in [-0.3, -0.25) is 0 Å². The van der Waals surface area contributed by atoms with Crippen molar-refractivity contribution in [2.75, 3.05) is 7.11 Å². The van der Waals surface area contributed by atoms with Gasteiger partial charge in [-0.15, -0.1) is 11.8 Å². The number of ether oxygens (including phenoxy) is 1. The Bertz CT molecular complexity index is 498. The number of methoxy groups -OCH3 is 1. The zero-order chi connectivity index (χ0) is 12.1. The van der Waals surface area contributed by atoms with E-state index in [-0.39, 0.29) is 5.82 Å². The number of aromatic nitrogens is 2. The first kappa shape index (κ1) is 11.7. The van der Waals surface area contributed by atoms with Crippen molar-refractivity contribution < 1.29 is 14.1 Å². The van der Waals surface area contributed by atoms with E-state index in [1.54, 1.807) is 11.8 Å². The Kier molecular flexibility index (Phi) is 3.77. The van der Waals surface area contributed by atoms with E-state index in [0.717, 1.165) is 4.90 Å². The normalized spacial score (nSPS) is 10.2. The molecule has 0 aliphatic carbocycles. The Morgan fingerprint density at radius 3 is 2.88 bits per heavy atom. The number of benzene rings is 1. The van der Waals surface area contributed by atoms with Gasteiger partial charge in [0.25, 0.3) is 5.82 Å². The van der Waals surface area contributed by atoms with Gasteiger partial charge in [-0.05, 0) is 17.3 Å². The summed E-state index contributed by atoms with van der Waals surface area (Å²) >= 11 is 1.56. The second kappa shape index (κ2) is 5.49. The minimum Gasteiger partial charge on any atom is -0.463 e. The smallest absolute Gasteiger partial charge is 0.379 e. The lowest BCUT2D eigenvalue weighted by Gasteiger charge is -1.96. The molecule has 0 radical (unpaired) electrons. The molecule has 6 heteroatoms. The number of esters is 1. The number of rotatable bonds is 4. The van der Waals surface area contributed by atoms with Crippen molar-refractivity contribution in [2.24, 2.45) is 0 Å². The molecule has 1 heterocycles. The molecule has 88 valence electrons. The minimum atomic E-state index is -0.593. The zero-order valence-electron chi connectivity index (χ0n) is 9.12. The molecule has 2 aromatic rings. The molecular formula is C11H10N2O3S. The van der Waals surface area contributed by atoms with E-state index >= 15 is 0 Å². The van der Waals surface area contributed by atoms with Crippen LogP contribution in [0.1, 0.15) is 16.5 Å². The fraction of sp³-hybridized carbons (Fsp3) is 0.182. The Balaban J connectivity index is 1.96. The molecule has 17 heavy (non-hydrogen) atoms. The number of carbonyl (C=O) groups is 1. The van der Waals surface area contributed by atoms with Gasteiger partial charge in [0.2, 0.25) is 5.89 Å². The van der Waals surface area contributed by atoms with Crippen molar-refractivity contribution in [3.63, 3.8) is 0 Å². The third kappa shape index (κ3) is 3.07. The third-order valence-corrected chi connectivity index (χ3v) is 2.94. The van der Waals surface area contributed by atoms with E-state index < -0.39 is 5.97 Å². The van der Waals surface area contributed by atoms with Crippen LogP contribution in [0.3, 0.4) is 0 Å². The summed E-state index contributed by atoms with van der Waals surface area (Å²) in [5.41, 5.74) is 0. The van der Waals surface area contributed by atoms with E-state index in [0.29, 0.717) is 11.6 Å². The van der Waals surface area contributed by atoms with Crippen LogP contribution in [0.15, 0.2) is 39.8 Å². The van der Waals surface area contributed by atoms with E-state index in [1.807, 2.05) is 30.3 Å². The van der Waals surface area contributed by atoms with Crippen molar-refractivity contribution in [2.45, 2.75) is 10.6 Å². The van der Waals surface area contributed by atoms with Gasteiger partial charge >= 0.3 is 5.97 Å². The van der Waals surface area contributed by atoms with Crippen molar-refractivity contribution in [3.8, 4) is 0 Å². The van der Waals surface area contributed by atoms with Gasteiger partial charge in [0.1, 0.15) is 0 Å². The molecule has 0 saturated heterocycles. The summed E-state index contributed by atoms with van der Waals surface area (Å²) in [5, 5.41) is 3.53. The van der Waals surface area contributed by atoms with Crippen molar-refractivity contribution in [1.29, 1.82) is 0 Å². The highest BCUT2D eigenvalue weighted by molar-refractivity contribution is 7.98. The van der Waals surface area contributed by atoms with Gasteiger partial charge < -0.3 is 9.26 Å². The summed E-state index contributed by atoms with van der Waals surface area (Å²) in [6.45, 7) is 0. The molecule has 5 nitrogen and oxygen atoms in total. The van der Waals surface area contributed by atoms with Crippen LogP contribution in [0, 0.1) is 0 Å². The van der Waals surface area contributed by atoms with Crippen molar-refractivity contribution >= 4 is 17.7 Å². The molecular weight excluding hydrogens is 240 g/mol. The Morgan fingerprint density at radius 2 is 2.18 bits per heavy atom. The van der Waals surface area contributed by atoms with E-state index in [9.17, 15) is 4.79 Å². The lowest BCUT2D eigenvalue weighted by atomic mass is 10.4. The molecule has 0 aliphatic heterocycles. The maximum Gasteiger partial charge on any atom is 0.379 e. The molecule has 0 spiro atoms. The molecule has 0 atom stereocenters. The average Bonchev–Trinajstić information content (AvgIpc) is 2.85. The Morgan fingerprint density at radius 1 is 1.41 bits per heavy atom. The number of nitrogens with zero attached hydrogens (tertiary/aromatic N) is 2. The maximum atomic E-state index is 11.1. The number of thioether (sulfide) groups is 1. The second-order valence-electron chi connectivity index (χ2n) is 3.11. The summed E-state index contributed by atoms with van der Waals surface area (Å²) in [6.07, 6.45) is 0. The number of hydrogen-bond donors (Lipinski definition) is 0. The Labute approximate surface area is 102 Å². The van der Waals surface area contributed by atoms with Crippen LogP contribution < -0.4 is 0 Å². The van der Waals surface area contributed by atoms with Crippen molar-refractivity contribution in [3.05, 3.63) is 42.0 Å². The summed E-state index contributed by atoms with van der Waals surface area (Å²) < 4.78 is 9.41. The summed E-state index contributed by atoms with van der Waals surface area (Å²) in [5.74, 6) is 0.286. The first-order valence-corrected chi connectivity index (χ1v) is 5.87. The van der Waals surface area contributed by atoms with Gasteiger partial charge in [0, 0.05) is 4.90 Å². The van der Waals surface area contributed by atoms with Gasteiger partial charge in [-0.25, -0.2) is 4.79 Å². The zero-order valence-corrected chi connectivity index (χ0v) is 9.94. The standard InChI is InChI=1S/C11H10N2O3S/c1-15-11(14)10-12-9(16-13-10)7-17-8-5-3-2-4-6-8/h2-6H,7H2,1H3. The van der Waals surface area contributed by atoms with Crippen LogP contribution in [0.25, 0.3) is 0 Å². The van der Waals surface area contributed by atoms with Crippen molar-refractivity contribution in [1.82, 2.24) is 10.1 Å². The lowest BCUT2D eigenvalue weighted by molar-refractivity contribution is 0.0583. The van der Waals surface area contributed by atoms with E-state index in [4.69, 9.17) is 4.52 Å². The van der Waals surface area contributed by atoms with E-state index in [2.05, 4.69) is 14.9 Å².